The fourth-order valence-corrected chi connectivity index (χ4v) is 4.99. The second-order valence-electron chi connectivity index (χ2n) is 11.9. The maximum absolute atomic E-state index is 6.56. The van der Waals surface area contributed by atoms with Crippen LogP contribution in [0.2, 0.25) is 0 Å². The van der Waals surface area contributed by atoms with Crippen LogP contribution in [0.1, 0.15) is 95.7 Å². The zero-order chi connectivity index (χ0) is 23.4. The quantitative estimate of drug-likeness (QED) is 0.437. The molecule has 3 rings (SSSR count). The Labute approximate surface area is 190 Å². The van der Waals surface area contributed by atoms with Crippen LogP contribution in [0.5, 0.6) is 11.5 Å². The number of rotatable bonds is 2. The first-order valence-electron chi connectivity index (χ1n) is 11.2. The topological polar surface area (TPSA) is 27.7 Å². The number of benzene rings is 2. The summed E-state index contributed by atoms with van der Waals surface area (Å²) in [7, 11) is -1.52. The van der Waals surface area contributed by atoms with Gasteiger partial charge in [0.15, 0.2) is 0 Å². The molecule has 0 aliphatic carbocycles. The molecule has 0 N–H and O–H groups in total. The van der Waals surface area contributed by atoms with E-state index in [0.717, 1.165) is 22.6 Å². The summed E-state index contributed by atoms with van der Waals surface area (Å²) in [5.41, 5.74) is 7.15. The Bertz CT molecular complexity index is 937. The average molecular weight is 443 g/mol. The second kappa shape index (κ2) is 8.09. The molecule has 2 aromatic carbocycles. The number of hydrogen-bond acceptors (Lipinski definition) is 3. The Kier molecular flexibility index (Phi) is 6.28. The lowest BCUT2D eigenvalue weighted by Crippen LogP contribution is -2.20. The number of hydrogen-bond donors (Lipinski definition) is 0. The fraction of sp³-hybridized carbons (Fsp3) is 0.556. The molecule has 1 unspecified atom stereocenters. The van der Waals surface area contributed by atoms with Gasteiger partial charge in [0.05, 0.1) is 6.61 Å². The summed E-state index contributed by atoms with van der Waals surface area (Å²) in [5, 5.41) is 0. The minimum atomic E-state index is -1.52. The summed E-state index contributed by atoms with van der Waals surface area (Å²) >= 11 is 0. The van der Waals surface area contributed by atoms with Crippen molar-refractivity contribution in [2.45, 2.75) is 99.0 Å². The van der Waals surface area contributed by atoms with Crippen molar-refractivity contribution in [1.82, 2.24) is 0 Å². The normalized spacial score (nSPS) is 17.2. The van der Waals surface area contributed by atoms with Crippen molar-refractivity contribution in [3.63, 3.8) is 0 Å². The maximum atomic E-state index is 6.56. The minimum absolute atomic E-state index is 0.0537. The third-order valence-corrected chi connectivity index (χ3v) is 6.73. The van der Waals surface area contributed by atoms with E-state index >= 15 is 0 Å². The Balaban J connectivity index is 2.00. The van der Waals surface area contributed by atoms with E-state index in [1.165, 1.54) is 22.3 Å². The second-order valence-corrected chi connectivity index (χ2v) is 13.0. The van der Waals surface area contributed by atoms with Gasteiger partial charge in [-0.15, -0.1) is 0 Å². The molecule has 2 aromatic rings. The molecule has 3 nitrogen and oxygen atoms in total. The molecule has 1 heterocycles. The van der Waals surface area contributed by atoms with Crippen LogP contribution in [0.25, 0.3) is 0 Å². The Morgan fingerprint density at radius 2 is 1.32 bits per heavy atom. The maximum Gasteiger partial charge on any atom is 0.463 e. The van der Waals surface area contributed by atoms with Crippen LogP contribution in [0.3, 0.4) is 0 Å². The molecule has 0 fully saturated rings. The lowest BCUT2D eigenvalue weighted by atomic mass is 9.78. The van der Waals surface area contributed by atoms with Crippen LogP contribution in [-0.2, 0) is 27.4 Å². The summed E-state index contributed by atoms with van der Waals surface area (Å²) in [4.78, 5) is 0. The van der Waals surface area contributed by atoms with Gasteiger partial charge in [0, 0.05) is 16.7 Å². The third-order valence-electron chi connectivity index (χ3n) is 5.72. The molecular weight excluding hydrogens is 403 g/mol. The molecule has 0 bridgehead atoms. The molecule has 1 atom stereocenters. The van der Waals surface area contributed by atoms with Gasteiger partial charge < -0.3 is 9.05 Å². The van der Waals surface area contributed by atoms with Crippen molar-refractivity contribution in [2.24, 2.45) is 0 Å². The lowest BCUT2D eigenvalue weighted by molar-refractivity contribution is 0.230. The van der Waals surface area contributed by atoms with Gasteiger partial charge in [0.25, 0.3) is 0 Å². The van der Waals surface area contributed by atoms with E-state index in [-0.39, 0.29) is 16.2 Å². The summed E-state index contributed by atoms with van der Waals surface area (Å²) in [6, 6.07) is 8.91. The smallest absolute Gasteiger partial charge is 0.417 e. The zero-order valence-corrected chi connectivity index (χ0v) is 22.1. The molecule has 0 radical (unpaired) electrons. The SMILES string of the molecule is Cc1cc(C(C)(C)C)c(OP2OCc3cc(C(C)(C)C)cc(C)c3O2)c(C(C)(C)C)c1. The van der Waals surface area contributed by atoms with Crippen LogP contribution >= 0.6 is 8.60 Å². The summed E-state index contributed by atoms with van der Waals surface area (Å²) in [5.74, 6) is 1.82. The minimum Gasteiger partial charge on any atom is -0.417 e. The van der Waals surface area contributed by atoms with Gasteiger partial charge in [-0.3, -0.25) is 4.52 Å². The third kappa shape index (κ3) is 5.26. The molecule has 0 aromatic heterocycles. The highest BCUT2D eigenvalue weighted by Gasteiger charge is 2.33. The lowest BCUT2D eigenvalue weighted by Gasteiger charge is -2.33. The monoisotopic (exact) mass is 442 g/mol. The molecule has 170 valence electrons. The van der Waals surface area contributed by atoms with Gasteiger partial charge in [0.1, 0.15) is 11.5 Å². The highest BCUT2D eigenvalue weighted by Crippen LogP contribution is 2.52. The molecule has 0 amide bonds. The fourth-order valence-electron chi connectivity index (χ4n) is 3.85. The molecule has 0 spiro atoms. The van der Waals surface area contributed by atoms with Crippen molar-refractivity contribution in [1.29, 1.82) is 0 Å². The predicted octanol–water partition coefficient (Wildman–Crippen LogP) is 8.41. The first-order valence-corrected chi connectivity index (χ1v) is 12.3. The van der Waals surface area contributed by atoms with Crippen LogP contribution in [0.4, 0.5) is 0 Å². The standard InChI is InChI=1S/C27H39O3P/c1-17-12-21(26(6,7)8)24(22(13-17)27(9,10)11)30-31-28-16-19-15-20(25(3,4)5)14-18(2)23(19)29-31/h12-15H,16H2,1-11H3. The van der Waals surface area contributed by atoms with Gasteiger partial charge in [-0.05, 0) is 47.3 Å². The molecule has 1 aliphatic heterocycles. The summed E-state index contributed by atoms with van der Waals surface area (Å²) < 4.78 is 19.0. The van der Waals surface area contributed by atoms with E-state index in [1.807, 2.05) is 0 Å². The molecule has 0 saturated carbocycles. The molecular formula is C27H39O3P. The van der Waals surface area contributed by atoms with E-state index in [0.29, 0.717) is 6.61 Å². The van der Waals surface area contributed by atoms with Crippen LogP contribution < -0.4 is 9.05 Å². The van der Waals surface area contributed by atoms with E-state index in [2.05, 4.69) is 100 Å². The van der Waals surface area contributed by atoms with Crippen molar-refractivity contribution >= 4 is 8.60 Å². The molecule has 31 heavy (non-hydrogen) atoms. The van der Waals surface area contributed by atoms with Crippen LogP contribution in [-0.4, -0.2) is 0 Å². The predicted molar refractivity (Wildman–Crippen MR) is 131 cm³/mol. The van der Waals surface area contributed by atoms with Crippen molar-refractivity contribution in [3.05, 3.63) is 57.6 Å². The Hall–Kier alpha value is -1.57. The number of aryl methyl sites for hydroxylation is 2. The Morgan fingerprint density at radius 3 is 1.81 bits per heavy atom. The largest absolute Gasteiger partial charge is 0.463 e. The molecule has 0 saturated heterocycles. The van der Waals surface area contributed by atoms with Gasteiger partial charge in [-0.25, -0.2) is 0 Å². The van der Waals surface area contributed by atoms with Crippen molar-refractivity contribution in [3.8, 4) is 11.5 Å². The van der Waals surface area contributed by atoms with Crippen molar-refractivity contribution < 1.29 is 13.6 Å². The van der Waals surface area contributed by atoms with E-state index in [4.69, 9.17) is 13.6 Å². The Morgan fingerprint density at radius 1 is 0.774 bits per heavy atom. The van der Waals surface area contributed by atoms with Gasteiger partial charge >= 0.3 is 8.60 Å². The molecule has 1 aliphatic rings. The van der Waals surface area contributed by atoms with E-state index in [1.54, 1.807) is 0 Å². The van der Waals surface area contributed by atoms with Crippen molar-refractivity contribution in [2.75, 3.05) is 0 Å². The van der Waals surface area contributed by atoms with Gasteiger partial charge in [-0.2, -0.15) is 0 Å². The highest BCUT2D eigenvalue weighted by molar-refractivity contribution is 7.42. The first kappa shape index (κ1) is 24.1. The number of fused-ring (bicyclic) bond motifs is 1. The van der Waals surface area contributed by atoms with Gasteiger partial charge in [-0.1, -0.05) is 86.1 Å². The van der Waals surface area contributed by atoms with E-state index < -0.39 is 8.60 Å². The van der Waals surface area contributed by atoms with E-state index in [9.17, 15) is 0 Å². The van der Waals surface area contributed by atoms with Crippen LogP contribution in [0, 0.1) is 13.8 Å². The highest BCUT2D eigenvalue weighted by atomic mass is 31.2. The molecule has 4 heteroatoms. The zero-order valence-electron chi connectivity index (χ0n) is 21.2. The first-order chi connectivity index (χ1) is 14.1. The summed E-state index contributed by atoms with van der Waals surface area (Å²) in [6.07, 6.45) is 0. The van der Waals surface area contributed by atoms with Crippen LogP contribution in [0.15, 0.2) is 24.3 Å². The van der Waals surface area contributed by atoms with Gasteiger partial charge in [0.2, 0.25) is 0 Å². The average Bonchev–Trinajstić information content (AvgIpc) is 2.60. The summed E-state index contributed by atoms with van der Waals surface area (Å²) in [6.45, 7) is 24.8.